The molecule has 4 nitrogen and oxygen atoms in total. The number of hydrogen-bond donors (Lipinski definition) is 0. The van der Waals surface area contributed by atoms with E-state index in [0.29, 0.717) is 24.5 Å². The van der Waals surface area contributed by atoms with Gasteiger partial charge in [-0.25, -0.2) is 0 Å². The van der Waals surface area contributed by atoms with Crippen molar-refractivity contribution in [3.8, 4) is 11.8 Å². The Balaban J connectivity index is 1.35. The second-order valence-corrected chi connectivity index (χ2v) is 15.6. The summed E-state index contributed by atoms with van der Waals surface area (Å²) in [5.41, 5.74) is 4.00. The Morgan fingerprint density at radius 1 is 0.564 bits per heavy atom. The van der Waals surface area contributed by atoms with Gasteiger partial charge in [0.25, 0.3) is 0 Å². The first-order valence-corrected chi connectivity index (χ1v) is 21.7. The molecule has 0 fully saturated rings. The van der Waals surface area contributed by atoms with Gasteiger partial charge in [0.1, 0.15) is 17.4 Å². The van der Waals surface area contributed by atoms with E-state index in [1.807, 2.05) is 32.0 Å². The highest BCUT2D eigenvalue weighted by molar-refractivity contribution is 5.48. The minimum atomic E-state index is -0.799. The monoisotopic (exact) mass is 744 g/mol. The lowest BCUT2D eigenvalue weighted by Gasteiger charge is -2.37. The average molecular weight is 744 g/mol. The van der Waals surface area contributed by atoms with E-state index in [9.17, 15) is 5.26 Å². The Morgan fingerprint density at radius 3 is 1.42 bits per heavy atom. The molecule has 0 aliphatic rings. The van der Waals surface area contributed by atoms with Crippen molar-refractivity contribution in [2.24, 2.45) is 0 Å². The molecule has 1 unspecified atom stereocenters. The molecular weight excluding hydrogens is 675 g/mol. The Kier molecular flexibility index (Phi) is 20.7. The number of hydrogen-bond acceptors (Lipinski definition) is 4. The van der Waals surface area contributed by atoms with E-state index in [1.165, 1.54) is 103 Å². The van der Waals surface area contributed by atoms with Gasteiger partial charge in [-0.2, -0.15) is 5.26 Å². The van der Waals surface area contributed by atoms with Crippen molar-refractivity contribution < 1.29 is 14.2 Å². The molecule has 0 bridgehead atoms. The Bertz CT molecular complexity index is 1500. The maximum atomic E-state index is 9.67. The van der Waals surface area contributed by atoms with Gasteiger partial charge in [0.15, 0.2) is 0 Å². The van der Waals surface area contributed by atoms with Crippen molar-refractivity contribution in [3.63, 3.8) is 0 Å². The molecule has 0 aliphatic heterocycles. The van der Waals surface area contributed by atoms with Crippen LogP contribution in [0, 0.1) is 11.3 Å². The fraction of sp³-hybridized carbons (Fsp3) is 0.510. The molecule has 0 saturated carbocycles. The SMILES string of the molecule is CCCCCCCCCCCCCCCCCCCC(COC(c1ccccc1)(c1ccccc1)c1ccccc1)OCc1ccc(C#N)c(OC(C)C)c1. The van der Waals surface area contributed by atoms with Crippen molar-refractivity contribution in [2.45, 2.75) is 161 Å². The molecule has 4 heteroatoms. The molecule has 0 aliphatic carbocycles. The summed E-state index contributed by atoms with van der Waals surface area (Å²) in [7, 11) is 0. The van der Waals surface area contributed by atoms with Crippen LogP contribution in [-0.2, 0) is 21.7 Å². The van der Waals surface area contributed by atoms with E-state index in [0.717, 1.165) is 35.1 Å². The summed E-state index contributed by atoms with van der Waals surface area (Å²) >= 11 is 0. The summed E-state index contributed by atoms with van der Waals surface area (Å²) in [5, 5.41) is 9.67. The highest BCUT2D eigenvalue weighted by Crippen LogP contribution is 2.41. The minimum absolute atomic E-state index is 0.0220. The maximum absolute atomic E-state index is 9.67. The highest BCUT2D eigenvalue weighted by atomic mass is 16.5. The predicted molar refractivity (Wildman–Crippen MR) is 229 cm³/mol. The molecule has 0 radical (unpaired) electrons. The fourth-order valence-electron chi connectivity index (χ4n) is 7.61. The normalized spacial score (nSPS) is 12.1. The van der Waals surface area contributed by atoms with E-state index in [4.69, 9.17) is 14.2 Å². The minimum Gasteiger partial charge on any atom is -0.490 e. The van der Waals surface area contributed by atoms with Crippen LogP contribution in [0.5, 0.6) is 5.75 Å². The second-order valence-electron chi connectivity index (χ2n) is 15.6. The molecule has 0 amide bonds. The van der Waals surface area contributed by atoms with Gasteiger partial charge in [0.05, 0.1) is 31.0 Å². The Hall–Kier alpha value is -3.91. The third-order valence-electron chi connectivity index (χ3n) is 10.7. The maximum Gasteiger partial charge on any atom is 0.143 e. The first-order chi connectivity index (χ1) is 27.1. The Labute approximate surface area is 334 Å². The van der Waals surface area contributed by atoms with E-state index >= 15 is 0 Å². The number of nitrogens with zero attached hydrogens (tertiary/aromatic N) is 1. The van der Waals surface area contributed by atoms with E-state index in [2.05, 4.69) is 104 Å². The van der Waals surface area contributed by atoms with Crippen LogP contribution < -0.4 is 4.74 Å². The van der Waals surface area contributed by atoms with Gasteiger partial charge in [-0.3, -0.25) is 0 Å². The van der Waals surface area contributed by atoms with Gasteiger partial charge in [-0.15, -0.1) is 0 Å². The molecule has 296 valence electrons. The summed E-state index contributed by atoms with van der Waals surface area (Å²) in [5.74, 6) is 0.607. The van der Waals surface area contributed by atoms with Crippen molar-refractivity contribution >= 4 is 0 Å². The number of unbranched alkanes of at least 4 members (excludes halogenated alkanes) is 16. The van der Waals surface area contributed by atoms with Gasteiger partial charge in [-0.1, -0.05) is 213 Å². The van der Waals surface area contributed by atoms with Gasteiger partial charge in [0.2, 0.25) is 0 Å². The number of ether oxygens (including phenoxy) is 3. The van der Waals surface area contributed by atoms with Crippen LogP contribution in [0.3, 0.4) is 0 Å². The summed E-state index contributed by atoms with van der Waals surface area (Å²) < 4.78 is 20.0. The molecule has 55 heavy (non-hydrogen) atoms. The molecule has 4 aromatic carbocycles. The smallest absolute Gasteiger partial charge is 0.143 e. The summed E-state index contributed by atoms with van der Waals surface area (Å²) in [6.07, 6.45) is 23.8. The first kappa shape index (κ1) is 43.8. The summed E-state index contributed by atoms with van der Waals surface area (Å²) in [4.78, 5) is 0. The average Bonchev–Trinajstić information content (AvgIpc) is 3.22. The molecule has 0 heterocycles. The van der Waals surface area contributed by atoms with Gasteiger partial charge in [0, 0.05) is 0 Å². The quantitative estimate of drug-likeness (QED) is 0.0410. The zero-order chi connectivity index (χ0) is 38.8. The standard InChI is InChI=1S/C51H69NO3/c1-4-5-6-7-8-9-10-11-12-13-14-15-16-17-18-19-29-36-49(53-41-44-37-38-45(40-52)50(39-44)55-43(2)3)42-54-51(46-30-23-20-24-31-46,47-32-25-21-26-33-47)48-34-27-22-28-35-48/h20-28,30-35,37-39,43,49H,4-19,29,36,41-42H2,1-3H3. The van der Waals surface area contributed by atoms with Gasteiger partial charge < -0.3 is 14.2 Å². The van der Waals surface area contributed by atoms with Crippen LogP contribution in [0.4, 0.5) is 0 Å². The lowest BCUT2D eigenvalue weighted by Crippen LogP contribution is -2.36. The predicted octanol–water partition coefficient (Wildman–Crippen LogP) is 14.3. The van der Waals surface area contributed by atoms with Gasteiger partial charge in [-0.05, 0) is 54.7 Å². The lowest BCUT2D eigenvalue weighted by atomic mass is 9.80. The van der Waals surface area contributed by atoms with Crippen LogP contribution in [0.25, 0.3) is 0 Å². The van der Waals surface area contributed by atoms with Crippen LogP contribution in [0.15, 0.2) is 109 Å². The number of rotatable bonds is 29. The summed E-state index contributed by atoms with van der Waals surface area (Å²) in [6.45, 7) is 7.11. The zero-order valence-electron chi connectivity index (χ0n) is 34.4. The van der Waals surface area contributed by atoms with E-state index < -0.39 is 5.60 Å². The molecule has 0 saturated heterocycles. The molecule has 0 N–H and O–H groups in total. The molecule has 4 rings (SSSR count). The van der Waals surface area contributed by atoms with Crippen LogP contribution in [0.1, 0.15) is 164 Å². The van der Waals surface area contributed by atoms with Crippen LogP contribution >= 0.6 is 0 Å². The third kappa shape index (κ3) is 15.3. The topological polar surface area (TPSA) is 51.5 Å². The van der Waals surface area contributed by atoms with E-state index in [1.54, 1.807) is 0 Å². The third-order valence-corrected chi connectivity index (χ3v) is 10.7. The highest BCUT2D eigenvalue weighted by Gasteiger charge is 2.38. The molecule has 0 spiro atoms. The van der Waals surface area contributed by atoms with Crippen molar-refractivity contribution in [3.05, 3.63) is 137 Å². The largest absolute Gasteiger partial charge is 0.490 e. The van der Waals surface area contributed by atoms with Crippen molar-refractivity contribution in [2.75, 3.05) is 6.61 Å². The van der Waals surface area contributed by atoms with Crippen molar-refractivity contribution in [1.82, 2.24) is 0 Å². The number of benzene rings is 4. The Morgan fingerprint density at radius 2 is 1.00 bits per heavy atom. The fourth-order valence-corrected chi connectivity index (χ4v) is 7.61. The summed E-state index contributed by atoms with van der Waals surface area (Å²) in [6, 6.07) is 39.7. The zero-order valence-corrected chi connectivity index (χ0v) is 34.4. The van der Waals surface area contributed by atoms with Crippen LogP contribution in [-0.4, -0.2) is 18.8 Å². The first-order valence-electron chi connectivity index (χ1n) is 21.7. The molecule has 4 aromatic rings. The lowest BCUT2D eigenvalue weighted by molar-refractivity contribution is -0.0731. The number of nitriles is 1. The van der Waals surface area contributed by atoms with Crippen LogP contribution in [0.2, 0.25) is 0 Å². The van der Waals surface area contributed by atoms with Gasteiger partial charge >= 0.3 is 0 Å². The molecular formula is C51H69NO3. The molecule has 0 aromatic heterocycles. The van der Waals surface area contributed by atoms with E-state index in [-0.39, 0.29) is 12.2 Å². The second kappa shape index (κ2) is 26.0. The van der Waals surface area contributed by atoms with Crippen molar-refractivity contribution in [1.29, 1.82) is 5.26 Å². The molecule has 1 atom stereocenters.